The van der Waals surface area contributed by atoms with Crippen molar-refractivity contribution in [3.05, 3.63) is 30.1 Å². The lowest BCUT2D eigenvalue weighted by molar-refractivity contribution is 0.0881. The summed E-state index contributed by atoms with van der Waals surface area (Å²) in [5, 5.41) is 2.96. The van der Waals surface area contributed by atoms with E-state index in [1.54, 1.807) is 0 Å². The minimum atomic E-state index is -1.10. The Labute approximate surface area is 93.3 Å². The largest absolute Gasteiger partial charge is 0.331 e. The summed E-state index contributed by atoms with van der Waals surface area (Å²) in [7, 11) is 1.94. The van der Waals surface area contributed by atoms with Gasteiger partial charge in [0.05, 0.1) is 11.0 Å². The molecule has 1 fully saturated rings. The Bertz CT molecular complexity index is 528. The molecular formula is C12H14FN3. The van der Waals surface area contributed by atoms with E-state index < -0.39 is 5.67 Å². The molecule has 0 unspecified atom stereocenters. The van der Waals surface area contributed by atoms with E-state index in [0.717, 1.165) is 16.9 Å². The third-order valence-corrected chi connectivity index (χ3v) is 3.24. The lowest BCUT2D eigenvalue weighted by Crippen LogP contribution is -2.57. The van der Waals surface area contributed by atoms with Crippen molar-refractivity contribution >= 4 is 11.0 Å². The number of rotatable bonds is 2. The Kier molecular flexibility index (Phi) is 2.01. The average molecular weight is 219 g/mol. The lowest BCUT2D eigenvalue weighted by Gasteiger charge is -2.34. The van der Waals surface area contributed by atoms with Crippen molar-refractivity contribution < 1.29 is 4.39 Å². The number of benzene rings is 1. The average Bonchev–Trinajstić information content (AvgIpc) is 2.55. The fourth-order valence-corrected chi connectivity index (χ4v) is 2.16. The number of aryl methyl sites for hydroxylation is 1. The summed E-state index contributed by atoms with van der Waals surface area (Å²) in [5.41, 5.74) is 0.902. The second-order valence-corrected chi connectivity index (χ2v) is 4.51. The van der Waals surface area contributed by atoms with Crippen molar-refractivity contribution in [2.24, 2.45) is 7.05 Å². The first-order chi connectivity index (χ1) is 7.68. The van der Waals surface area contributed by atoms with Gasteiger partial charge < -0.3 is 9.88 Å². The molecule has 2 aromatic rings. The lowest BCUT2D eigenvalue weighted by atomic mass is 9.95. The van der Waals surface area contributed by atoms with Crippen LogP contribution in [0.25, 0.3) is 11.0 Å². The topological polar surface area (TPSA) is 29.9 Å². The van der Waals surface area contributed by atoms with Gasteiger partial charge in [-0.1, -0.05) is 12.1 Å². The maximum absolute atomic E-state index is 14.0. The number of nitrogens with one attached hydrogen (secondary N) is 1. The summed E-state index contributed by atoms with van der Waals surface area (Å²) in [6.45, 7) is 0.881. The van der Waals surface area contributed by atoms with Crippen LogP contribution < -0.4 is 5.32 Å². The zero-order valence-electron chi connectivity index (χ0n) is 9.20. The zero-order valence-corrected chi connectivity index (χ0v) is 9.20. The first kappa shape index (κ1) is 9.78. The molecule has 2 heterocycles. The minimum absolute atomic E-state index is 0.394. The fraction of sp³-hybridized carbons (Fsp3) is 0.417. The fourth-order valence-electron chi connectivity index (χ4n) is 2.16. The Morgan fingerprint density at radius 2 is 2.19 bits per heavy atom. The Morgan fingerprint density at radius 3 is 2.81 bits per heavy atom. The van der Waals surface area contributed by atoms with Gasteiger partial charge >= 0.3 is 0 Å². The number of aromatic nitrogens is 2. The molecule has 0 radical (unpaired) electrons. The quantitative estimate of drug-likeness (QED) is 0.828. The SMILES string of the molecule is Cn1c(CC2(F)CNC2)nc2ccccc21. The molecule has 16 heavy (non-hydrogen) atoms. The molecular weight excluding hydrogens is 205 g/mol. The molecule has 3 rings (SSSR count). The number of nitrogens with zero attached hydrogens (tertiary/aromatic N) is 2. The van der Waals surface area contributed by atoms with Gasteiger partial charge in [0.25, 0.3) is 0 Å². The van der Waals surface area contributed by atoms with E-state index in [1.165, 1.54) is 0 Å². The van der Waals surface area contributed by atoms with Crippen LogP contribution in [0.4, 0.5) is 4.39 Å². The van der Waals surface area contributed by atoms with Crippen LogP contribution in [0.1, 0.15) is 5.82 Å². The first-order valence-corrected chi connectivity index (χ1v) is 5.48. The van der Waals surface area contributed by atoms with Crippen molar-refractivity contribution in [2.45, 2.75) is 12.1 Å². The zero-order chi connectivity index (χ0) is 11.2. The molecule has 4 heteroatoms. The van der Waals surface area contributed by atoms with Gasteiger partial charge in [0.1, 0.15) is 11.5 Å². The molecule has 3 nitrogen and oxygen atoms in total. The van der Waals surface area contributed by atoms with Gasteiger partial charge in [-0.3, -0.25) is 0 Å². The van der Waals surface area contributed by atoms with Crippen LogP contribution in [0, 0.1) is 0 Å². The summed E-state index contributed by atoms with van der Waals surface area (Å²) in [4.78, 5) is 4.47. The van der Waals surface area contributed by atoms with Gasteiger partial charge in [-0.15, -0.1) is 0 Å². The molecule has 1 saturated heterocycles. The highest BCUT2D eigenvalue weighted by Gasteiger charge is 2.38. The number of fused-ring (bicyclic) bond motifs is 1. The molecule has 0 amide bonds. The van der Waals surface area contributed by atoms with E-state index >= 15 is 0 Å². The molecule has 0 saturated carbocycles. The van der Waals surface area contributed by atoms with Crippen molar-refractivity contribution in [1.29, 1.82) is 0 Å². The third kappa shape index (κ3) is 1.41. The van der Waals surface area contributed by atoms with E-state index in [0.29, 0.717) is 19.5 Å². The smallest absolute Gasteiger partial charge is 0.142 e. The third-order valence-electron chi connectivity index (χ3n) is 3.24. The van der Waals surface area contributed by atoms with Crippen molar-refractivity contribution in [1.82, 2.24) is 14.9 Å². The van der Waals surface area contributed by atoms with E-state index in [1.807, 2.05) is 35.9 Å². The number of alkyl halides is 1. The Morgan fingerprint density at radius 1 is 1.44 bits per heavy atom. The summed E-state index contributed by atoms with van der Waals surface area (Å²) in [6, 6.07) is 7.90. The van der Waals surface area contributed by atoms with Crippen LogP contribution in [0.15, 0.2) is 24.3 Å². The highest BCUT2D eigenvalue weighted by atomic mass is 19.1. The van der Waals surface area contributed by atoms with Gasteiger partial charge in [-0.2, -0.15) is 0 Å². The molecule has 1 aromatic carbocycles. The van der Waals surface area contributed by atoms with Crippen LogP contribution >= 0.6 is 0 Å². The monoisotopic (exact) mass is 219 g/mol. The summed E-state index contributed by atoms with van der Waals surface area (Å²) in [6.07, 6.45) is 0.394. The second-order valence-electron chi connectivity index (χ2n) is 4.51. The number of hydrogen-bond donors (Lipinski definition) is 1. The molecule has 1 aliphatic heterocycles. The Balaban J connectivity index is 2.00. The summed E-state index contributed by atoms with van der Waals surface area (Å²) < 4.78 is 16.0. The number of hydrogen-bond acceptors (Lipinski definition) is 2. The standard InChI is InChI=1S/C12H14FN3/c1-16-10-5-3-2-4-9(10)15-11(16)6-12(13)7-14-8-12/h2-5,14H,6-8H2,1H3. The summed E-state index contributed by atoms with van der Waals surface area (Å²) >= 11 is 0. The van der Waals surface area contributed by atoms with Crippen LogP contribution in [-0.2, 0) is 13.5 Å². The minimum Gasteiger partial charge on any atom is -0.331 e. The van der Waals surface area contributed by atoms with Crippen LogP contribution in [0.5, 0.6) is 0 Å². The molecule has 0 aliphatic carbocycles. The maximum atomic E-state index is 14.0. The number of halogens is 1. The summed E-state index contributed by atoms with van der Waals surface area (Å²) in [5.74, 6) is 0.824. The predicted octanol–water partition coefficient (Wildman–Crippen LogP) is 1.43. The second kappa shape index (κ2) is 3.28. The Hall–Kier alpha value is -1.42. The molecule has 0 atom stereocenters. The van der Waals surface area contributed by atoms with E-state index in [4.69, 9.17) is 0 Å². The maximum Gasteiger partial charge on any atom is 0.142 e. The van der Waals surface area contributed by atoms with E-state index in [9.17, 15) is 4.39 Å². The molecule has 84 valence electrons. The molecule has 0 bridgehead atoms. The molecule has 1 aliphatic rings. The molecule has 1 aromatic heterocycles. The predicted molar refractivity (Wildman–Crippen MR) is 61.1 cm³/mol. The van der Waals surface area contributed by atoms with Gasteiger partial charge in [0.2, 0.25) is 0 Å². The van der Waals surface area contributed by atoms with Crippen molar-refractivity contribution in [3.63, 3.8) is 0 Å². The number of para-hydroxylation sites is 2. The van der Waals surface area contributed by atoms with Gasteiger partial charge in [0, 0.05) is 26.6 Å². The highest BCUT2D eigenvalue weighted by Crippen LogP contribution is 2.24. The van der Waals surface area contributed by atoms with Crippen molar-refractivity contribution in [2.75, 3.05) is 13.1 Å². The molecule has 0 spiro atoms. The first-order valence-electron chi connectivity index (χ1n) is 5.48. The van der Waals surface area contributed by atoms with Gasteiger partial charge in [-0.05, 0) is 12.1 Å². The van der Waals surface area contributed by atoms with Gasteiger partial charge in [-0.25, -0.2) is 9.37 Å². The van der Waals surface area contributed by atoms with Crippen LogP contribution in [0.2, 0.25) is 0 Å². The van der Waals surface area contributed by atoms with Crippen LogP contribution in [0.3, 0.4) is 0 Å². The van der Waals surface area contributed by atoms with Gasteiger partial charge in [0.15, 0.2) is 0 Å². The van der Waals surface area contributed by atoms with E-state index in [-0.39, 0.29) is 0 Å². The highest BCUT2D eigenvalue weighted by molar-refractivity contribution is 5.75. The van der Waals surface area contributed by atoms with Crippen LogP contribution in [-0.4, -0.2) is 28.3 Å². The normalized spacial score (nSPS) is 18.6. The van der Waals surface area contributed by atoms with E-state index in [2.05, 4.69) is 10.3 Å². The molecule has 1 N–H and O–H groups in total. The number of imidazole rings is 1. The van der Waals surface area contributed by atoms with Crippen molar-refractivity contribution in [3.8, 4) is 0 Å².